The van der Waals surface area contributed by atoms with Crippen LogP contribution < -0.4 is 0 Å². The van der Waals surface area contributed by atoms with Crippen LogP contribution in [0.2, 0.25) is 0 Å². The first-order valence-corrected chi connectivity index (χ1v) is 6.66. The molecule has 3 aliphatic rings. The molecule has 0 aliphatic heterocycles. The van der Waals surface area contributed by atoms with E-state index in [2.05, 4.69) is 27.4 Å². The molecule has 0 radical (unpaired) electrons. The van der Waals surface area contributed by atoms with Crippen LogP contribution in [0.4, 0.5) is 0 Å². The van der Waals surface area contributed by atoms with Crippen molar-refractivity contribution in [3.8, 4) is 0 Å². The fourth-order valence-electron chi connectivity index (χ4n) is 5.44. The van der Waals surface area contributed by atoms with Crippen molar-refractivity contribution in [1.82, 2.24) is 0 Å². The van der Waals surface area contributed by atoms with Crippen molar-refractivity contribution in [2.24, 2.45) is 28.6 Å². The number of rotatable bonds is 0. The second-order valence-corrected chi connectivity index (χ2v) is 7.00. The summed E-state index contributed by atoms with van der Waals surface area (Å²) in [5.41, 5.74) is 2.82. The molecular weight excluding hydrogens is 180 g/mol. The van der Waals surface area contributed by atoms with Gasteiger partial charge in [0.2, 0.25) is 0 Å². The SMILES string of the molecule is C=C1CC[C@@]23C[C@@H]1C(C)(C)C2CC[C@H]3C. The number of hydrogen-bond donors (Lipinski definition) is 0. The Balaban J connectivity index is 2.08. The Bertz CT molecular complexity index is 312. The third kappa shape index (κ3) is 0.990. The lowest BCUT2D eigenvalue weighted by molar-refractivity contribution is 0.118. The first-order valence-electron chi connectivity index (χ1n) is 6.66. The van der Waals surface area contributed by atoms with Gasteiger partial charge in [-0.1, -0.05) is 32.9 Å². The maximum atomic E-state index is 4.34. The van der Waals surface area contributed by atoms with Crippen LogP contribution in [0.25, 0.3) is 0 Å². The van der Waals surface area contributed by atoms with Gasteiger partial charge in [-0.3, -0.25) is 0 Å². The molecule has 3 aliphatic carbocycles. The van der Waals surface area contributed by atoms with E-state index in [-0.39, 0.29) is 0 Å². The van der Waals surface area contributed by atoms with Gasteiger partial charge in [-0.15, -0.1) is 0 Å². The topological polar surface area (TPSA) is 0 Å². The Kier molecular flexibility index (Phi) is 1.79. The molecule has 0 saturated heterocycles. The molecule has 2 bridgehead atoms. The van der Waals surface area contributed by atoms with E-state index in [4.69, 9.17) is 0 Å². The number of allylic oxidation sites excluding steroid dienone is 1. The molecule has 3 fully saturated rings. The average Bonchev–Trinajstić information content (AvgIpc) is 2.57. The van der Waals surface area contributed by atoms with Gasteiger partial charge in [0.15, 0.2) is 0 Å². The summed E-state index contributed by atoms with van der Waals surface area (Å²) in [5, 5.41) is 0. The number of hydrogen-bond acceptors (Lipinski definition) is 0. The Morgan fingerprint density at radius 2 is 2.00 bits per heavy atom. The summed E-state index contributed by atoms with van der Waals surface area (Å²) in [6.07, 6.45) is 7.18. The van der Waals surface area contributed by atoms with Crippen molar-refractivity contribution in [3.63, 3.8) is 0 Å². The summed E-state index contributed by atoms with van der Waals surface area (Å²) in [6, 6.07) is 0. The highest BCUT2D eigenvalue weighted by atomic mass is 14.7. The van der Waals surface area contributed by atoms with E-state index in [0.717, 1.165) is 23.2 Å². The van der Waals surface area contributed by atoms with Crippen LogP contribution in [-0.2, 0) is 0 Å². The van der Waals surface area contributed by atoms with E-state index < -0.39 is 0 Å². The molecule has 4 atom stereocenters. The van der Waals surface area contributed by atoms with Gasteiger partial charge in [-0.25, -0.2) is 0 Å². The van der Waals surface area contributed by atoms with E-state index in [1.54, 1.807) is 5.57 Å². The lowest BCUT2D eigenvalue weighted by Gasteiger charge is -2.38. The van der Waals surface area contributed by atoms with Gasteiger partial charge < -0.3 is 0 Å². The molecule has 0 heteroatoms. The van der Waals surface area contributed by atoms with E-state index in [1.807, 2.05) is 0 Å². The molecule has 0 aromatic heterocycles. The minimum Gasteiger partial charge on any atom is -0.0996 e. The molecular formula is C15H24. The molecule has 3 rings (SSSR count). The predicted molar refractivity (Wildman–Crippen MR) is 64.6 cm³/mol. The summed E-state index contributed by atoms with van der Waals surface area (Å²) >= 11 is 0. The Labute approximate surface area is 94.1 Å². The summed E-state index contributed by atoms with van der Waals surface area (Å²) in [5.74, 6) is 2.79. The van der Waals surface area contributed by atoms with Crippen LogP contribution in [0.15, 0.2) is 12.2 Å². The molecule has 1 unspecified atom stereocenters. The third-order valence-electron chi connectivity index (χ3n) is 6.35. The number of fused-ring (bicyclic) bond motifs is 1. The maximum absolute atomic E-state index is 4.34. The summed E-state index contributed by atoms with van der Waals surface area (Å²) in [7, 11) is 0. The van der Waals surface area contributed by atoms with Crippen molar-refractivity contribution >= 4 is 0 Å². The van der Waals surface area contributed by atoms with Crippen LogP contribution in [0.5, 0.6) is 0 Å². The highest BCUT2D eigenvalue weighted by Gasteiger charge is 2.63. The van der Waals surface area contributed by atoms with Crippen LogP contribution in [0, 0.1) is 28.6 Å². The average molecular weight is 204 g/mol. The van der Waals surface area contributed by atoms with Crippen molar-refractivity contribution in [3.05, 3.63) is 12.2 Å². The maximum Gasteiger partial charge on any atom is -0.0146 e. The standard InChI is InChI=1S/C15H24/c1-10-7-8-15-9-12(10)14(3,4)13(15)6-5-11(15)2/h11-13H,1,5-9H2,2-4H3/t11-,12+,13?,15+/m1/s1. The monoisotopic (exact) mass is 204 g/mol. The first kappa shape index (κ1) is 9.93. The fourth-order valence-corrected chi connectivity index (χ4v) is 5.44. The molecule has 0 heterocycles. The first-order chi connectivity index (χ1) is 6.98. The van der Waals surface area contributed by atoms with E-state index in [9.17, 15) is 0 Å². The fraction of sp³-hybridized carbons (Fsp3) is 0.867. The summed E-state index contributed by atoms with van der Waals surface area (Å²) < 4.78 is 0. The van der Waals surface area contributed by atoms with Crippen LogP contribution in [0.3, 0.4) is 0 Å². The van der Waals surface area contributed by atoms with Gasteiger partial charge >= 0.3 is 0 Å². The molecule has 0 aromatic carbocycles. The third-order valence-corrected chi connectivity index (χ3v) is 6.35. The smallest absolute Gasteiger partial charge is 0.0146 e. The second kappa shape index (κ2) is 2.70. The highest BCUT2D eigenvalue weighted by molar-refractivity contribution is 5.23. The van der Waals surface area contributed by atoms with Gasteiger partial charge in [-0.05, 0) is 60.7 Å². The minimum absolute atomic E-state index is 0.540. The lowest BCUT2D eigenvalue weighted by atomic mass is 9.67. The molecule has 0 nitrogen and oxygen atoms in total. The molecule has 15 heavy (non-hydrogen) atoms. The second-order valence-electron chi connectivity index (χ2n) is 7.00. The quantitative estimate of drug-likeness (QED) is 0.513. The van der Waals surface area contributed by atoms with Crippen LogP contribution >= 0.6 is 0 Å². The molecule has 84 valence electrons. The van der Waals surface area contributed by atoms with Crippen LogP contribution in [0.1, 0.15) is 52.9 Å². The van der Waals surface area contributed by atoms with Crippen molar-refractivity contribution in [2.75, 3.05) is 0 Å². The van der Waals surface area contributed by atoms with Crippen molar-refractivity contribution in [2.45, 2.75) is 52.9 Å². The molecule has 0 amide bonds. The Hall–Kier alpha value is -0.260. The minimum atomic E-state index is 0.540. The molecule has 1 spiro atoms. The van der Waals surface area contributed by atoms with E-state index in [0.29, 0.717) is 5.41 Å². The largest absolute Gasteiger partial charge is 0.0996 e. The Morgan fingerprint density at radius 3 is 2.73 bits per heavy atom. The zero-order chi connectivity index (χ0) is 10.8. The van der Waals surface area contributed by atoms with Crippen LogP contribution in [-0.4, -0.2) is 0 Å². The highest BCUT2D eigenvalue weighted by Crippen LogP contribution is 2.72. The summed E-state index contributed by atoms with van der Waals surface area (Å²) in [6.45, 7) is 11.9. The van der Waals surface area contributed by atoms with Crippen molar-refractivity contribution in [1.29, 1.82) is 0 Å². The Morgan fingerprint density at radius 1 is 1.27 bits per heavy atom. The van der Waals surface area contributed by atoms with E-state index in [1.165, 1.54) is 32.1 Å². The van der Waals surface area contributed by atoms with Crippen molar-refractivity contribution < 1.29 is 0 Å². The normalized spacial score (nSPS) is 51.9. The van der Waals surface area contributed by atoms with Gasteiger partial charge in [0.05, 0.1) is 0 Å². The molecule has 3 saturated carbocycles. The predicted octanol–water partition coefficient (Wildman–Crippen LogP) is 4.42. The van der Waals surface area contributed by atoms with Gasteiger partial charge in [0.25, 0.3) is 0 Å². The van der Waals surface area contributed by atoms with Gasteiger partial charge in [0, 0.05) is 0 Å². The van der Waals surface area contributed by atoms with E-state index >= 15 is 0 Å². The zero-order valence-corrected chi connectivity index (χ0v) is 10.5. The zero-order valence-electron chi connectivity index (χ0n) is 10.5. The molecule has 0 N–H and O–H groups in total. The van der Waals surface area contributed by atoms with Gasteiger partial charge in [-0.2, -0.15) is 0 Å². The molecule has 0 aromatic rings. The van der Waals surface area contributed by atoms with Gasteiger partial charge in [0.1, 0.15) is 0 Å². The lowest BCUT2D eigenvalue weighted by Crippen LogP contribution is -2.30. The summed E-state index contributed by atoms with van der Waals surface area (Å²) in [4.78, 5) is 0.